The van der Waals surface area contributed by atoms with Crippen LogP contribution in [-0.2, 0) is 4.79 Å². The molecule has 20 heavy (non-hydrogen) atoms. The minimum atomic E-state index is -0.120. The summed E-state index contributed by atoms with van der Waals surface area (Å²) in [5, 5.41) is 0. The van der Waals surface area contributed by atoms with Gasteiger partial charge >= 0.3 is 0 Å². The molecule has 1 aliphatic rings. The lowest BCUT2D eigenvalue weighted by molar-refractivity contribution is -0.116. The number of alkyl halides is 1. The molecule has 2 rings (SSSR count). The molecule has 4 heteroatoms. The molecule has 0 N–H and O–H groups in total. The van der Waals surface area contributed by atoms with E-state index in [4.69, 9.17) is 16.3 Å². The summed E-state index contributed by atoms with van der Waals surface area (Å²) in [4.78, 5) is 13.4. The smallest absolute Gasteiger partial charge is 0.241 e. The van der Waals surface area contributed by atoms with Crippen LogP contribution in [0, 0.1) is 6.92 Å². The van der Waals surface area contributed by atoms with Crippen molar-refractivity contribution in [3.05, 3.63) is 23.8 Å². The number of benzene rings is 1. The van der Waals surface area contributed by atoms with E-state index in [1.54, 1.807) is 11.9 Å². The van der Waals surface area contributed by atoms with Gasteiger partial charge < -0.3 is 9.64 Å². The summed E-state index contributed by atoms with van der Waals surface area (Å²) in [7, 11) is 1.74. The van der Waals surface area contributed by atoms with Crippen molar-refractivity contribution in [3.8, 4) is 5.75 Å². The fourth-order valence-corrected chi connectivity index (χ4v) is 2.75. The number of carbonyl (C=O) groups is 1. The second-order valence-corrected chi connectivity index (χ2v) is 5.70. The van der Waals surface area contributed by atoms with Crippen LogP contribution in [-0.4, -0.2) is 24.9 Å². The molecule has 1 fully saturated rings. The fraction of sp³-hybridized carbons (Fsp3) is 0.562. The molecule has 0 atom stereocenters. The van der Waals surface area contributed by atoms with E-state index >= 15 is 0 Å². The summed E-state index contributed by atoms with van der Waals surface area (Å²) in [6.45, 7) is 2.01. The lowest BCUT2D eigenvalue weighted by Crippen LogP contribution is -2.28. The van der Waals surface area contributed by atoms with Crippen LogP contribution >= 0.6 is 11.6 Å². The van der Waals surface area contributed by atoms with Crippen LogP contribution < -0.4 is 9.64 Å². The van der Waals surface area contributed by atoms with Gasteiger partial charge in [0.25, 0.3) is 0 Å². The number of amides is 1. The lowest BCUT2D eigenvalue weighted by Gasteiger charge is -2.26. The molecule has 0 bridgehead atoms. The Morgan fingerprint density at radius 3 is 2.70 bits per heavy atom. The average Bonchev–Trinajstić information content (AvgIpc) is 2.48. The third kappa shape index (κ3) is 3.66. The molecule has 0 aromatic heterocycles. The van der Waals surface area contributed by atoms with E-state index in [2.05, 4.69) is 0 Å². The summed E-state index contributed by atoms with van der Waals surface area (Å²) in [6, 6.07) is 5.95. The van der Waals surface area contributed by atoms with Crippen LogP contribution in [0.3, 0.4) is 0 Å². The first-order chi connectivity index (χ1) is 9.61. The predicted molar refractivity (Wildman–Crippen MR) is 82.8 cm³/mol. The van der Waals surface area contributed by atoms with Crippen molar-refractivity contribution in [1.29, 1.82) is 0 Å². The first-order valence-electron chi connectivity index (χ1n) is 7.21. The fourth-order valence-electron chi connectivity index (χ4n) is 2.58. The zero-order valence-electron chi connectivity index (χ0n) is 12.2. The Kier molecular flexibility index (Phi) is 5.30. The second-order valence-electron chi connectivity index (χ2n) is 5.44. The maximum atomic E-state index is 11.8. The first kappa shape index (κ1) is 15.2. The minimum absolute atomic E-state index is 0.0205. The highest BCUT2D eigenvalue weighted by Gasteiger charge is 2.19. The maximum absolute atomic E-state index is 11.8. The summed E-state index contributed by atoms with van der Waals surface area (Å²) in [6.07, 6.45) is 6.21. The summed E-state index contributed by atoms with van der Waals surface area (Å²) >= 11 is 5.65. The van der Waals surface area contributed by atoms with Crippen LogP contribution in [0.15, 0.2) is 18.2 Å². The molecule has 0 radical (unpaired) electrons. The van der Waals surface area contributed by atoms with E-state index in [1.807, 2.05) is 25.1 Å². The average molecular weight is 296 g/mol. The number of halogens is 1. The van der Waals surface area contributed by atoms with Crippen LogP contribution in [0.2, 0.25) is 0 Å². The van der Waals surface area contributed by atoms with E-state index in [0.717, 1.165) is 29.8 Å². The Morgan fingerprint density at radius 1 is 1.35 bits per heavy atom. The number of ether oxygens (including phenoxy) is 1. The first-order valence-corrected chi connectivity index (χ1v) is 7.75. The Hall–Kier alpha value is -1.22. The molecule has 1 saturated carbocycles. The van der Waals surface area contributed by atoms with E-state index in [0.29, 0.717) is 0 Å². The molecule has 0 unspecified atom stereocenters. The zero-order chi connectivity index (χ0) is 14.5. The van der Waals surface area contributed by atoms with Crippen LogP contribution in [0.4, 0.5) is 5.69 Å². The van der Waals surface area contributed by atoms with Gasteiger partial charge in [0.1, 0.15) is 11.6 Å². The number of nitrogens with zero attached hydrogens (tertiary/aromatic N) is 1. The van der Waals surface area contributed by atoms with Gasteiger partial charge in [0.05, 0.1) is 11.8 Å². The highest BCUT2D eigenvalue weighted by Crippen LogP contribution is 2.32. The summed E-state index contributed by atoms with van der Waals surface area (Å²) in [5.41, 5.74) is 1.91. The van der Waals surface area contributed by atoms with Crippen molar-refractivity contribution < 1.29 is 9.53 Å². The third-order valence-corrected chi connectivity index (χ3v) is 4.04. The molecule has 1 aromatic carbocycles. The Morgan fingerprint density at radius 2 is 2.05 bits per heavy atom. The topological polar surface area (TPSA) is 29.5 Å². The molecule has 1 aromatic rings. The number of aryl methyl sites for hydroxylation is 1. The number of hydrogen-bond acceptors (Lipinski definition) is 2. The Bertz CT molecular complexity index is 470. The van der Waals surface area contributed by atoms with Gasteiger partial charge in [-0.1, -0.05) is 12.5 Å². The Balaban J connectivity index is 2.20. The van der Waals surface area contributed by atoms with E-state index in [9.17, 15) is 4.79 Å². The molecular weight excluding hydrogens is 274 g/mol. The monoisotopic (exact) mass is 295 g/mol. The number of hydrogen-bond donors (Lipinski definition) is 0. The van der Waals surface area contributed by atoms with Crippen molar-refractivity contribution in [2.75, 3.05) is 17.8 Å². The van der Waals surface area contributed by atoms with Crippen LogP contribution in [0.5, 0.6) is 5.75 Å². The summed E-state index contributed by atoms with van der Waals surface area (Å²) < 4.78 is 6.12. The normalized spacial score (nSPS) is 15.9. The van der Waals surface area contributed by atoms with E-state index < -0.39 is 0 Å². The van der Waals surface area contributed by atoms with Gasteiger partial charge in [0.2, 0.25) is 5.91 Å². The molecule has 1 aliphatic carbocycles. The van der Waals surface area contributed by atoms with Gasteiger partial charge in [-0.25, -0.2) is 0 Å². The van der Waals surface area contributed by atoms with Gasteiger partial charge in [-0.3, -0.25) is 4.79 Å². The standard InChI is InChI=1S/C16H22ClNO2/c1-12-8-9-15(20-13-6-4-3-5-7-13)14(10-12)18(2)16(19)11-17/h8-10,13H,3-7,11H2,1-2H3. The molecule has 0 spiro atoms. The van der Waals surface area contributed by atoms with Crippen LogP contribution in [0.25, 0.3) is 0 Å². The predicted octanol–water partition coefficient (Wildman–Crippen LogP) is 3.91. The molecule has 0 aliphatic heterocycles. The Labute approximate surface area is 125 Å². The highest BCUT2D eigenvalue weighted by molar-refractivity contribution is 6.29. The second kappa shape index (κ2) is 6.98. The molecular formula is C16H22ClNO2. The molecule has 110 valence electrons. The van der Waals surface area contributed by atoms with E-state index in [-0.39, 0.29) is 17.9 Å². The lowest BCUT2D eigenvalue weighted by atomic mass is 9.98. The van der Waals surface area contributed by atoms with Gasteiger partial charge in [-0.05, 0) is 50.3 Å². The van der Waals surface area contributed by atoms with Crippen molar-refractivity contribution >= 4 is 23.2 Å². The van der Waals surface area contributed by atoms with Gasteiger partial charge in [0.15, 0.2) is 0 Å². The van der Waals surface area contributed by atoms with Gasteiger partial charge in [-0.2, -0.15) is 0 Å². The van der Waals surface area contributed by atoms with Gasteiger partial charge in [0, 0.05) is 7.05 Å². The van der Waals surface area contributed by atoms with E-state index in [1.165, 1.54) is 19.3 Å². The van der Waals surface area contributed by atoms with Gasteiger partial charge in [-0.15, -0.1) is 11.6 Å². The zero-order valence-corrected chi connectivity index (χ0v) is 12.9. The third-order valence-electron chi connectivity index (χ3n) is 3.81. The molecule has 3 nitrogen and oxygen atoms in total. The molecule has 1 amide bonds. The number of rotatable bonds is 4. The van der Waals surface area contributed by atoms with Crippen molar-refractivity contribution in [2.24, 2.45) is 0 Å². The van der Waals surface area contributed by atoms with Crippen molar-refractivity contribution in [3.63, 3.8) is 0 Å². The number of anilines is 1. The van der Waals surface area contributed by atoms with Crippen molar-refractivity contribution in [1.82, 2.24) is 0 Å². The SMILES string of the molecule is Cc1ccc(OC2CCCCC2)c(N(C)C(=O)CCl)c1. The van der Waals surface area contributed by atoms with Crippen LogP contribution in [0.1, 0.15) is 37.7 Å². The van der Waals surface area contributed by atoms with Crippen molar-refractivity contribution in [2.45, 2.75) is 45.1 Å². The largest absolute Gasteiger partial charge is 0.488 e. The number of carbonyl (C=O) groups excluding carboxylic acids is 1. The highest BCUT2D eigenvalue weighted by atomic mass is 35.5. The maximum Gasteiger partial charge on any atom is 0.241 e. The molecule has 0 saturated heterocycles. The summed E-state index contributed by atoms with van der Waals surface area (Å²) in [5.74, 6) is 0.641. The quantitative estimate of drug-likeness (QED) is 0.788. The minimum Gasteiger partial charge on any atom is -0.488 e. The molecule has 0 heterocycles.